The predicted octanol–water partition coefficient (Wildman–Crippen LogP) is 0.791. The Labute approximate surface area is 182 Å². The molecule has 0 aliphatic heterocycles. The van der Waals surface area contributed by atoms with Crippen LogP contribution in [0.4, 0.5) is 0 Å². The fraction of sp³-hybridized carbons (Fsp3) is 0.263. The van der Waals surface area contributed by atoms with Crippen LogP contribution in [0.15, 0.2) is 56.2 Å². The summed E-state index contributed by atoms with van der Waals surface area (Å²) >= 11 is 5.89. The first-order valence-electron chi connectivity index (χ1n) is 9.36. The van der Waals surface area contributed by atoms with Crippen LogP contribution in [0.2, 0.25) is 5.02 Å². The number of nitrogens with zero attached hydrogens (tertiary/aromatic N) is 6. The summed E-state index contributed by atoms with van der Waals surface area (Å²) in [4.78, 5) is 29.7. The molecule has 0 spiro atoms. The number of rotatable bonds is 6. The van der Waals surface area contributed by atoms with Crippen LogP contribution in [0.3, 0.4) is 0 Å². The molecule has 4 rings (SSSR count). The molecule has 0 fully saturated rings. The SMILES string of the molecule is Cn1cc(-c2cn(C)c(=O)n(Cc3nc(C[C@H](O)[si]4ccc(Cl)cc4)no3)c2=O)cn1. The Morgan fingerprint density at radius 1 is 1.23 bits per heavy atom. The van der Waals surface area contributed by atoms with E-state index in [0.717, 1.165) is 4.57 Å². The van der Waals surface area contributed by atoms with Crippen LogP contribution in [0.5, 0.6) is 0 Å². The van der Waals surface area contributed by atoms with E-state index in [1.807, 2.05) is 11.4 Å². The highest BCUT2D eigenvalue weighted by molar-refractivity contribution is 6.51. The minimum Gasteiger partial charge on any atom is -0.392 e. The van der Waals surface area contributed by atoms with Gasteiger partial charge in [-0.05, 0) is 12.1 Å². The molecule has 12 heteroatoms. The summed E-state index contributed by atoms with van der Waals surface area (Å²) < 4.78 is 9.15. The molecule has 1 atom stereocenters. The number of hydrogen-bond donors (Lipinski definition) is 1. The molecule has 0 amide bonds. The van der Waals surface area contributed by atoms with Gasteiger partial charge in [-0.25, -0.2) is 4.79 Å². The van der Waals surface area contributed by atoms with Crippen molar-refractivity contribution in [1.82, 2.24) is 29.1 Å². The first-order chi connectivity index (χ1) is 14.8. The van der Waals surface area contributed by atoms with Gasteiger partial charge < -0.3 is 14.2 Å². The number of aryl methyl sites for hydroxylation is 2. The zero-order valence-electron chi connectivity index (χ0n) is 16.8. The van der Waals surface area contributed by atoms with Crippen LogP contribution >= 0.6 is 11.6 Å². The molecule has 1 N–H and O–H groups in total. The van der Waals surface area contributed by atoms with E-state index in [9.17, 15) is 14.7 Å². The van der Waals surface area contributed by atoms with Gasteiger partial charge in [0, 0.05) is 43.5 Å². The van der Waals surface area contributed by atoms with E-state index >= 15 is 0 Å². The minimum atomic E-state index is -1.31. The smallest absolute Gasteiger partial charge is 0.331 e. The fourth-order valence-corrected chi connectivity index (χ4v) is 5.23. The molecule has 0 aromatic carbocycles. The molecular formula is C19H19ClN6O4Si. The van der Waals surface area contributed by atoms with Crippen molar-refractivity contribution in [3.05, 3.63) is 79.7 Å². The summed E-state index contributed by atoms with van der Waals surface area (Å²) in [6.45, 7) is -0.176. The lowest BCUT2D eigenvalue weighted by molar-refractivity contribution is 0.213. The Bertz CT molecular complexity index is 1340. The standard InChI is InChI=1S/C19H19ClN6O4Si/c1-24-10-14(12-8-21-25(2)9-12)18(28)26(19(24)29)11-16-22-15(23-30-16)7-17(27)31-5-3-13(20)4-6-31/h3-6,8-10,17,27H,7,11H2,1-2H3/t17-/m1/s1. The second kappa shape index (κ2) is 8.53. The van der Waals surface area contributed by atoms with Gasteiger partial charge >= 0.3 is 5.69 Å². The molecular weight excluding hydrogens is 440 g/mol. The maximum absolute atomic E-state index is 12.9. The number of aromatic nitrogens is 6. The normalized spacial score (nSPS) is 12.3. The Morgan fingerprint density at radius 2 is 1.97 bits per heavy atom. The Kier molecular flexibility index (Phi) is 5.81. The topological polar surface area (TPSA) is 121 Å². The van der Waals surface area contributed by atoms with Crippen LogP contribution in [0.1, 0.15) is 17.4 Å². The Hall–Kier alpha value is -3.15. The number of halogens is 1. The summed E-state index contributed by atoms with van der Waals surface area (Å²) in [5, 5.41) is 19.0. The highest BCUT2D eigenvalue weighted by atomic mass is 35.5. The molecule has 160 valence electrons. The van der Waals surface area contributed by atoms with Gasteiger partial charge in [-0.3, -0.25) is 14.0 Å². The lowest BCUT2D eigenvalue weighted by atomic mass is 10.2. The Balaban J connectivity index is 1.58. The minimum absolute atomic E-state index is 0.105. The summed E-state index contributed by atoms with van der Waals surface area (Å²) in [6.07, 6.45) is 4.91. The molecule has 4 heterocycles. The number of aliphatic hydroxyl groups excluding tert-OH is 1. The van der Waals surface area contributed by atoms with E-state index in [4.69, 9.17) is 16.1 Å². The van der Waals surface area contributed by atoms with Crippen molar-refractivity contribution in [2.75, 3.05) is 0 Å². The Morgan fingerprint density at radius 3 is 2.65 bits per heavy atom. The van der Waals surface area contributed by atoms with Crippen molar-refractivity contribution in [3.63, 3.8) is 0 Å². The van der Waals surface area contributed by atoms with Gasteiger partial charge in [-0.1, -0.05) is 28.1 Å². The highest BCUT2D eigenvalue weighted by Crippen LogP contribution is 2.14. The monoisotopic (exact) mass is 458 g/mol. The van der Waals surface area contributed by atoms with Gasteiger partial charge in [0.1, 0.15) is 6.54 Å². The molecule has 31 heavy (non-hydrogen) atoms. The zero-order valence-corrected chi connectivity index (χ0v) is 18.5. The lowest BCUT2D eigenvalue weighted by Crippen LogP contribution is -2.39. The third-order valence-corrected chi connectivity index (χ3v) is 7.11. The predicted molar refractivity (Wildman–Crippen MR) is 114 cm³/mol. The molecule has 0 aliphatic carbocycles. The molecule has 0 saturated carbocycles. The molecule has 4 aromatic heterocycles. The van der Waals surface area contributed by atoms with Crippen LogP contribution in [-0.2, 0) is 27.1 Å². The van der Waals surface area contributed by atoms with Gasteiger partial charge in [-0.2, -0.15) is 10.1 Å². The summed E-state index contributed by atoms with van der Waals surface area (Å²) in [5.41, 5.74) is 3.07. The van der Waals surface area contributed by atoms with Crippen LogP contribution in [-0.4, -0.2) is 42.6 Å². The van der Waals surface area contributed by atoms with E-state index in [0.29, 0.717) is 22.0 Å². The van der Waals surface area contributed by atoms with E-state index < -0.39 is 25.4 Å². The zero-order chi connectivity index (χ0) is 22.1. The van der Waals surface area contributed by atoms with Gasteiger partial charge in [0.25, 0.3) is 5.56 Å². The van der Waals surface area contributed by atoms with Crippen molar-refractivity contribution < 1.29 is 9.63 Å². The van der Waals surface area contributed by atoms with Gasteiger partial charge in [0.2, 0.25) is 5.89 Å². The third kappa shape index (κ3) is 4.48. The first kappa shape index (κ1) is 21.1. The van der Waals surface area contributed by atoms with Gasteiger partial charge in [0.05, 0.1) is 25.9 Å². The van der Waals surface area contributed by atoms with Crippen molar-refractivity contribution >= 4 is 20.0 Å². The van der Waals surface area contributed by atoms with Gasteiger partial charge in [0.15, 0.2) is 5.82 Å². The van der Waals surface area contributed by atoms with E-state index in [1.54, 1.807) is 43.3 Å². The first-order valence-corrected chi connectivity index (χ1v) is 11.5. The largest absolute Gasteiger partial charge is 0.392 e. The average Bonchev–Trinajstić information content (AvgIpc) is 3.37. The summed E-state index contributed by atoms with van der Waals surface area (Å²) in [7, 11) is 2.00. The molecule has 0 aliphatic rings. The van der Waals surface area contributed by atoms with Crippen molar-refractivity contribution in [3.8, 4) is 11.1 Å². The average molecular weight is 459 g/mol. The van der Waals surface area contributed by atoms with Gasteiger partial charge in [-0.15, -0.1) is 0 Å². The quantitative estimate of drug-likeness (QED) is 0.424. The van der Waals surface area contributed by atoms with E-state index in [2.05, 4.69) is 15.2 Å². The maximum atomic E-state index is 12.9. The molecule has 0 saturated heterocycles. The van der Waals surface area contributed by atoms with E-state index in [1.165, 1.54) is 10.8 Å². The van der Waals surface area contributed by atoms with Crippen molar-refractivity contribution in [1.29, 1.82) is 0 Å². The van der Waals surface area contributed by atoms with Crippen LogP contribution < -0.4 is 11.2 Å². The van der Waals surface area contributed by atoms with E-state index in [-0.39, 0.29) is 18.9 Å². The second-order valence-corrected chi connectivity index (χ2v) is 9.88. The number of aliphatic hydroxyl groups is 1. The van der Waals surface area contributed by atoms with Crippen LogP contribution in [0, 0.1) is 0 Å². The maximum Gasteiger partial charge on any atom is 0.331 e. The lowest BCUT2D eigenvalue weighted by Gasteiger charge is -2.08. The third-order valence-electron chi connectivity index (χ3n) is 4.78. The second-order valence-electron chi connectivity index (χ2n) is 7.11. The number of hydrogen-bond acceptors (Lipinski definition) is 7. The summed E-state index contributed by atoms with van der Waals surface area (Å²) in [6, 6.07) is 3.52. The molecule has 0 radical (unpaired) electrons. The molecule has 0 unspecified atom stereocenters. The van der Waals surface area contributed by atoms with Crippen LogP contribution in [0.25, 0.3) is 11.1 Å². The van der Waals surface area contributed by atoms with Crippen molar-refractivity contribution in [2.24, 2.45) is 14.1 Å². The summed E-state index contributed by atoms with van der Waals surface area (Å²) in [5.74, 6) is 0.406. The molecule has 4 aromatic rings. The highest BCUT2D eigenvalue weighted by Gasteiger charge is 2.18. The van der Waals surface area contributed by atoms with Crippen molar-refractivity contribution in [2.45, 2.75) is 18.7 Å². The fourth-order valence-electron chi connectivity index (χ4n) is 3.17. The molecule has 10 nitrogen and oxygen atoms in total. The molecule has 0 bridgehead atoms.